The van der Waals surface area contributed by atoms with Gasteiger partial charge in [-0.05, 0) is 0 Å². The molecule has 44 heavy (non-hydrogen) atoms. The van der Waals surface area contributed by atoms with Crippen molar-refractivity contribution in [2.75, 3.05) is 13.2 Å². The highest BCUT2D eigenvalue weighted by molar-refractivity contribution is 5.69. The Balaban J connectivity index is 2.61. The van der Waals surface area contributed by atoms with Crippen molar-refractivity contribution < 1.29 is 86.0 Å². The third-order valence-corrected chi connectivity index (χ3v) is 5.89. The van der Waals surface area contributed by atoms with E-state index in [1.165, 1.54) is 0 Å². The molecule has 0 spiro atoms. The molecule has 0 aromatic rings. The van der Waals surface area contributed by atoms with Crippen molar-refractivity contribution in [3.05, 3.63) is 0 Å². The van der Waals surface area contributed by atoms with Crippen molar-refractivity contribution in [2.24, 2.45) is 0 Å². The third-order valence-electron chi connectivity index (χ3n) is 5.89. The van der Waals surface area contributed by atoms with E-state index in [2.05, 4.69) is 0 Å². The molecule has 18 heteroatoms. The molecule has 2 rings (SSSR count). The van der Waals surface area contributed by atoms with Crippen molar-refractivity contribution in [3.63, 3.8) is 0 Å². The first-order chi connectivity index (χ1) is 20.5. The Morgan fingerprint density at radius 3 is 1.25 bits per heavy atom. The summed E-state index contributed by atoms with van der Waals surface area (Å²) in [6.07, 6.45) is -16.3. The van der Waals surface area contributed by atoms with Crippen LogP contribution in [0.25, 0.3) is 0 Å². The highest BCUT2D eigenvalue weighted by atomic mass is 16.8. The molecule has 0 aromatic carbocycles. The topological polar surface area (TPSA) is 232 Å². The summed E-state index contributed by atoms with van der Waals surface area (Å²) < 4.78 is 54.0. The average Bonchev–Trinajstić information content (AvgIpc) is 2.87. The SMILES string of the molecule is CC(=O)OCC1O[C@H](O[C@H]2OC(COC(C)=O)[C@@H](OC(C)=O)C(OC(C)=O)C2OC(C)=O)C(OC(C)=O)C(OC(C)=O)[C@@H]1O. The van der Waals surface area contributed by atoms with Crippen molar-refractivity contribution in [1.29, 1.82) is 0 Å². The van der Waals surface area contributed by atoms with Gasteiger partial charge in [0.15, 0.2) is 30.5 Å². The first-order valence-corrected chi connectivity index (χ1v) is 13.3. The predicted molar refractivity (Wildman–Crippen MR) is 135 cm³/mol. The number of carbonyl (C=O) groups is 7. The maximum Gasteiger partial charge on any atom is 0.303 e. The van der Waals surface area contributed by atoms with E-state index < -0.39 is 116 Å². The Kier molecular flexibility index (Phi) is 13.4. The lowest BCUT2D eigenvalue weighted by Crippen LogP contribution is -2.66. The second-order valence-corrected chi connectivity index (χ2v) is 9.69. The molecule has 0 saturated carbocycles. The van der Waals surface area contributed by atoms with Crippen LogP contribution in [0.3, 0.4) is 0 Å². The standard InChI is InChI=1S/C26H36O18/c1-10(27)35-8-17-19(34)21(38-13(4)30)23(40-15(6)32)25(42-17)44-26-24(41-16(7)33)22(39-14(5)31)20(37-12(3)29)18(43-26)9-36-11(2)28/h17-26,34H,8-9H2,1-7H3/t17?,18?,19-,20-,21?,22?,23?,24?,25-,26-/m1/s1. The van der Waals surface area contributed by atoms with E-state index in [0.717, 1.165) is 48.5 Å². The summed E-state index contributed by atoms with van der Waals surface area (Å²) in [5, 5.41) is 10.9. The maximum absolute atomic E-state index is 12.1. The zero-order chi connectivity index (χ0) is 33.3. The van der Waals surface area contributed by atoms with Gasteiger partial charge in [0.1, 0.15) is 31.5 Å². The Labute approximate surface area is 251 Å². The lowest BCUT2D eigenvalue weighted by molar-refractivity contribution is -0.377. The Hall–Kier alpha value is -3.87. The first kappa shape index (κ1) is 36.3. The largest absolute Gasteiger partial charge is 0.463 e. The molecule has 2 aliphatic rings. The number of rotatable bonds is 11. The van der Waals surface area contributed by atoms with Crippen LogP contribution in [0, 0.1) is 0 Å². The fourth-order valence-electron chi connectivity index (χ4n) is 4.41. The van der Waals surface area contributed by atoms with Gasteiger partial charge in [0.2, 0.25) is 12.6 Å². The molecule has 0 aromatic heterocycles. The van der Waals surface area contributed by atoms with Gasteiger partial charge in [0.25, 0.3) is 0 Å². The summed E-state index contributed by atoms with van der Waals surface area (Å²) in [6, 6.07) is 0. The van der Waals surface area contributed by atoms with Gasteiger partial charge >= 0.3 is 41.8 Å². The van der Waals surface area contributed by atoms with Crippen molar-refractivity contribution in [2.45, 2.75) is 110 Å². The van der Waals surface area contributed by atoms with E-state index in [9.17, 15) is 38.7 Å². The summed E-state index contributed by atoms with van der Waals surface area (Å²) in [7, 11) is 0. The third kappa shape index (κ3) is 10.7. The summed E-state index contributed by atoms with van der Waals surface area (Å²) in [4.78, 5) is 83.2. The van der Waals surface area contributed by atoms with Crippen molar-refractivity contribution >= 4 is 41.8 Å². The highest BCUT2D eigenvalue weighted by Gasteiger charge is 2.56. The quantitative estimate of drug-likeness (QED) is 0.203. The zero-order valence-electron chi connectivity index (χ0n) is 25.1. The lowest BCUT2D eigenvalue weighted by Gasteiger charge is -2.47. The molecular formula is C26H36O18. The van der Waals surface area contributed by atoms with Crippen LogP contribution in [0.15, 0.2) is 0 Å². The minimum Gasteiger partial charge on any atom is -0.463 e. The Morgan fingerprint density at radius 1 is 0.477 bits per heavy atom. The molecule has 2 saturated heterocycles. The average molecular weight is 637 g/mol. The van der Waals surface area contributed by atoms with Crippen LogP contribution >= 0.6 is 0 Å². The Bertz CT molecular complexity index is 1090. The van der Waals surface area contributed by atoms with Crippen molar-refractivity contribution in [1.82, 2.24) is 0 Å². The van der Waals surface area contributed by atoms with Gasteiger partial charge in [-0.25, -0.2) is 0 Å². The van der Waals surface area contributed by atoms with E-state index in [1.54, 1.807) is 0 Å². The highest BCUT2D eigenvalue weighted by Crippen LogP contribution is 2.34. The van der Waals surface area contributed by atoms with E-state index in [0.29, 0.717) is 0 Å². The molecule has 0 bridgehead atoms. The van der Waals surface area contributed by atoms with E-state index in [-0.39, 0.29) is 0 Å². The number of aliphatic hydroxyl groups is 1. The molecule has 1 N–H and O–H groups in total. The molecule has 18 nitrogen and oxygen atoms in total. The molecule has 0 aliphatic carbocycles. The zero-order valence-corrected chi connectivity index (χ0v) is 25.1. The normalized spacial score (nSPS) is 31.5. The molecule has 2 aliphatic heterocycles. The minimum absolute atomic E-state index is 0.569. The lowest BCUT2D eigenvalue weighted by atomic mass is 9.97. The number of carbonyl (C=O) groups excluding carboxylic acids is 7. The minimum atomic E-state index is -1.80. The van der Waals surface area contributed by atoms with Crippen LogP contribution in [0.5, 0.6) is 0 Å². The van der Waals surface area contributed by atoms with E-state index in [1.807, 2.05) is 0 Å². The fourth-order valence-corrected chi connectivity index (χ4v) is 4.41. The second kappa shape index (κ2) is 16.3. The van der Waals surface area contributed by atoms with Gasteiger partial charge in [0.05, 0.1) is 0 Å². The van der Waals surface area contributed by atoms with E-state index >= 15 is 0 Å². The van der Waals surface area contributed by atoms with Crippen LogP contribution in [0.1, 0.15) is 48.5 Å². The van der Waals surface area contributed by atoms with Crippen LogP contribution in [-0.2, 0) is 80.9 Å². The van der Waals surface area contributed by atoms with Gasteiger partial charge in [-0.3, -0.25) is 33.6 Å². The van der Waals surface area contributed by atoms with E-state index in [4.69, 9.17) is 47.4 Å². The summed E-state index contributed by atoms with van der Waals surface area (Å²) in [5.41, 5.74) is 0. The van der Waals surface area contributed by atoms with Gasteiger partial charge < -0.3 is 52.5 Å². The maximum atomic E-state index is 12.1. The molecule has 0 amide bonds. The predicted octanol–water partition coefficient (Wildman–Crippen LogP) is -1.40. The molecule has 2 heterocycles. The monoisotopic (exact) mass is 636 g/mol. The number of hydrogen-bond donors (Lipinski definition) is 1. The molecule has 6 unspecified atom stereocenters. The smallest absolute Gasteiger partial charge is 0.303 e. The number of esters is 7. The number of ether oxygens (including phenoxy) is 10. The summed E-state index contributed by atoms with van der Waals surface area (Å²) in [5.74, 6) is -6.00. The molecule has 248 valence electrons. The van der Waals surface area contributed by atoms with Crippen LogP contribution in [0.4, 0.5) is 0 Å². The van der Waals surface area contributed by atoms with Crippen LogP contribution < -0.4 is 0 Å². The van der Waals surface area contributed by atoms with Gasteiger partial charge in [-0.2, -0.15) is 0 Å². The van der Waals surface area contributed by atoms with Crippen LogP contribution in [0.2, 0.25) is 0 Å². The Morgan fingerprint density at radius 2 is 0.818 bits per heavy atom. The first-order valence-electron chi connectivity index (χ1n) is 13.3. The number of aliphatic hydroxyl groups excluding tert-OH is 1. The molecular weight excluding hydrogens is 600 g/mol. The summed E-state index contributed by atoms with van der Waals surface area (Å²) in [6.45, 7) is 6.14. The van der Waals surface area contributed by atoms with Gasteiger partial charge in [-0.1, -0.05) is 0 Å². The second-order valence-electron chi connectivity index (χ2n) is 9.69. The van der Waals surface area contributed by atoms with Crippen molar-refractivity contribution in [3.8, 4) is 0 Å². The van der Waals surface area contributed by atoms with Crippen LogP contribution in [-0.4, -0.2) is 122 Å². The molecule has 0 radical (unpaired) electrons. The molecule has 2 fully saturated rings. The van der Waals surface area contributed by atoms with Gasteiger partial charge in [0, 0.05) is 48.5 Å². The molecule has 10 atom stereocenters. The van der Waals surface area contributed by atoms with Gasteiger partial charge in [-0.15, -0.1) is 0 Å². The number of hydrogen-bond acceptors (Lipinski definition) is 18. The fraction of sp³-hybridized carbons (Fsp3) is 0.731. The summed E-state index contributed by atoms with van der Waals surface area (Å²) >= 11 is 0.